The van der Waals surface area contributed by atoms with E-state index in [1.165, 1.54) is 0 Å². The Morgan fingerprint density at radius 3 is 2.39 bits per heavy atom. The lowest BCUT2D eigenvalue weighted by Gasteiger charge is -2.60. The highest BCUT2D eigenvalue weighted by molar-refractivity contribution is 5.70. The van der Waals surface area contributed by atoms with Crippen LogP contribution < -0.4 is 0 Å². The predicted octanol–water partition coefficient (Wildman–Crippen LogP) is 2.11. The molecule has 1 spiro atoms. The highest BCUT2D eigenvalue weighted by atomic mass is 16.6. The number of rotatable bonds is 2. The Hall–Kier alpha value is -1.26. The van der Waals surface area contributed by atoms with Gasteiger partial charge in [-0.1, -0.05) is 0 Å². The molecule has 1 aliphatic carbocycles. The highest BCUT2D eigenvalue weighted by Crippen LogP contribution is 2.54. The molecule has 0 bridgehead atoms. The van der Waals surface area contributed by atoms with Gasteiger partial charge in [-0.05, 0) is 39.5 Å². The van der Waals surface area contributed by atoms with Crippen LogP contribution in [0.1, 0.15) is 40.0 Å². The normalized spacial score (nSPS) is 25.3. The summed E-state index contributed by atoms with van der Waals surface area (Å²) in [6, 6.07) is 0. The van der Waals surface area contributed by atoms with Crippen molar-refractivity contribution in [2.75, 3.05) is 13.1 Å². The fourth-order valence-electron chi connectivity index (χ4n) is 2.87. The van der Waals surface area contributed by atoms with Crippen LogP contribution in [0.2, 0.25) is 0 Å². The van der Waals surface area contributed by atoms with E-state index in [1.54, 1.807) is 4.90 Å². The van der Waals surface area contributed by atoms with Crippen LogP contribution in [0.25, 0.3) is 0 Å². The van der Waals surface area contributed by atoms with Crippen molar-refractivity contribution in [2.45, 2.75) is 45.6 Å². The number of carboxylic acid groups (broad SMARTS) is 1. The molecule has 1 N–H and O–H groups in total. The van der Waals surface area contributed by atoms with Crippen LogP contribution in [0, 0.1) is 11.3 Å². The number of likely N-dealkylation sites (tertiary alicyclic amines) is 1. The molecule has 1 aliphatic heterocycles. The minimum atomic E-state index is -0.741. The first-order valence-electron chi connectivity index (χ1n) is 6.42. The van der Waals surface area contributed by atoms with Crippen molar-refractivity contribution in [3.05, 3.63) is 0 Å². The van der Waals surface area contributed by atoms with Gasteiger partial charge in [-0.3, -0.25) is 4.79 Å². The predicted molar refractivity (Wildman–Crippen MR) is 65.2 cm³/mol. The van der Waals surface area contributed by atoms with Gasteiger partial charge in [0.1, 0.15) is 5.60 Å². The van der Waals surface area contributed by atoms with Crippen molar-refractivity contribution < 1.29 is 19.4 Å². The van der Waals surface area contributed by atoms with E-state index in [2.05, 4.69) is 0 Å². The van der Waals surface area contributed by atoms with Crippen LogP contribution in [0.3, 0.4) is 0 Å². The molecule has 2 rings (SSSR count). The molecule has 1 saturated carbocycles. The van der Waals surface area contributed by atoms with Crippen LogP contribution in [0.15, 0.2) is 0 Å². The van der Waals surface area contributed by atoms with Gasteiger partial charge in [-0.15, -0.1) is 0 Å². The van der Waals surface area contributed by atoms with Gasteiger partial charge in [-0.2, -0.15) is 0 Å². The van der Waals surface area contributed by atoms with Crippen LogP contribution in [0.4, 0.5) is 4.79 Å². The maximum Gasteiger partial charge on any atom is 0.410 e. The van der Waals surface area contributed by atoms with E-state index in [0.717, 1.165) is 12.8 Å². The first-order chi connectivity index (χ1) is 8.22. The molecule has 0 aromatic heterocycles. The smallest absolute Gasteiger partial charge is 0.410 e. The van der Waals surface area contributed by atoms with Gasteiger partial charge in [0.25, 0.3) is 0 Å². The van der Waals surface area contributed by atoms with Crippen LogP contribution in [-0.4, -0.2) is 40.8 Å². The van der Waals surface area contributed by atoms with Crippen molar-refractivity contribution in [3.8, 4) is 0 Å². The number of hydrogen-bond donors (Lipinski definition) is 1. The van der Waals surface area contributed by atoms with E-state index in [0.29, 0.717) is 13.1 Å². The third-order valence-corrected chi connectivity index (χ3v) is 3.94. The second kappa shape index (κ2) is 4.14. The average Bonchev–Trinajstić information content (AvgIpc) is 2.07. The Morgan fingerprint density at radius 2 is 2.00 bits per heavy atom. The summed E-state index contributed by atoms with van der Waals surface area (Å²) in [6.07, 6.45) is 1.94. The molecule has 2 aliphatic rings. The number of amides is 1. The summed E-state index contributed by atoms with van der Waals surface area (Å²) in [5.41, 5.74) is -0.408. The Labute approximate surface area is 107 Å². The van der Waals surface area contributed by atoms with E-state index in [4.69, 9.17) is 9.84 Å². The van der Waals surface area contributed by atoms with Crippen LogP contribution >= 0.6 is 0 Å². The second-order valence-corrected chi connectivity index (χ2v) is 6.53. The van der Waals surface area contributed by atoms with Crippen molar-refractivity contribution in [1.82, 2.24) is 4.90 Å². The first-order valence-corrected chi connectivity index (χ1v) is 6.42. The summed E-state index contributed by atoms with van der Waals surface area (Å²) < 4.78 is 5.29. The van der Waals surface area contributed by atoms with E-state index in [-0.39, 0.29) is 23.8 Å². The van der Waals surface area contributed by atoms with Crippen molar-refractivity contribution in [2.24, 2.45) is 11.3 Å². The summed E-state index contributed by atoms with van der Waals surface area (Å²) in [7, 11) is 0. The van der Waals surface area contributed by atoms with Gasteiger partial charge in [0.15, 0.2) is 0 Å². The lowest BCUT2D eigenvalue weighted by molar-refractivity contribution is -0.149. The van der Waals surface area contributed by atoms with Gasteiger partial charge in [-0.25, -0.2) is 4.79 Å². The van der Waals surface area contributed by atoms with Gasteiger partial charge in [0.05, 0.1) is 0 Å². The zero-order chi connectivity index (χ0) is 13.6. The Kier molecular flexibility index (Phi) is 3.03. The number of carbonyl (C=O) groups excluding carboxylic acids is 1. The molecule has 18 heavy (non-hydrogen) atoms. The molecule has 1 amide bonds. The number of hydrogen-bond acceptors (Lipinski definition) is 3. The van der Waals surface area contributed by atoms with Crippen molar-refractivity contribution in [3.63, 3.8) is 0 Å². The molecule has 2 fully saturated rings. The van der Waals surface area contributed by atoms with Gasteiger partial charge < -0.3 is 14.7 Å². The molecular formula is C13H21NO4. The minimum absolute atomic E-state index is 0.0648. The molecule has 5 nitrogen and oxygen atoms in total. The molecule has 1 unspecified atom stereocenters. The molecule has 0 aromatic rings. The van der Waals surface area contributed by atoms with Crippen molar-refractivity contribution >= 4 is 12.1 Å². The number of carbonyl (C=O) groups is 2. The molecule has 0 radical (unpaired) electrons. The third kappa shape index (κ3) is 2.44. The molecule has 1 atom stereocenters. The Morgan fingerprint density at radius 1 is 1.39 bits per heavy atom. The molecule has 5 heteroatoms. The molecule has 102 valence electrons. The summed E-state index contributed by atoms with van der Waals surface area (Å²) in [5.74, 6) is -0.511. The number of nitrogens with zero attached hydrogens (tertiary/aromatic N) is 1. The number of carboxylic acids is 1. The van der Waals surface area contributed by atoms with E-state index in [1.807, 2.05) is 20.8 Å². The summed E-state index contributed by atoms with van der Waals surface area (Å²) in [4.78, 5) is 24.2. The van der Waals surface area contributed by atoms with E-state index < -0.39 is 11.6 Å². The largest absolute Gasteiger partial charge is 0.481 e. The zero-order valence-corrected chi connectivity index (χ0v) is 11.2. The fourth-order valence-corrected chi connectivity index (χ4v) is 2.87. The van der Waals surface area contributed by atoms with Crippen molar-refractivity contribution in [1.29, 1.82) is 0 Å². The summed E-state index contributed by atoms with van der Waals surface area (Å²) in [5, 5.41) is 8.82. The lowest BCUT2D eigenvalue weighted by Crippen LogP contribution is -2.66. The topological polar surface area (TPSA) is 66.8 Å². The maximum atomic E-state index is 11.8. The van der Waals surface area contributed by atoms with Crippen LogP contribution in [-0.2, 0) is 9.53 Å². The first kappa shape index (κ1) is 13.2. The molecule has 1 heterocycles. The Bertz CT molecular complexity index is 366. The van der Waals surface area contributed by atoms with E-state index in [9.17, 15) is 9.59 Å². The number of ether oxygens (including phenoxy) is 1. The molecule has 0 aromatic carbocycles. The lowest BCUT2D eigenvalue weighted by atomic mass is 9.55. The standard InChI is InChI=1S/C13H21NO4/c1-12(2,3)18-11(17)14-7-13(8-14)5-4-9(13)6-10(15)16/h9H,4-8H2,1-3H3,(H,15,16). The summed E-state index contributed by atoms with van der Waals surface area (Å²) >= 11 is 0. The minimum Gasteiger partial charge on any atom is -0.481 e. The monoisotopic (exact) mass is 255 g/mol. The van der Waals surface area contributed by atoms with Crippen LogP contribution in [0.5, 0.6) is 0 Å². The SMILES string of the molecule is CC(C)(C)OC(=O)N1CC2(CCC2CC(=O)O)C1. The Balaban J connectivity index is 1.83. The number of aliphatic carboxylic acids is 1. The highest BCUT2D eigenvalue weighted by Gasteiger charge is 2.56. The van der Waals surface area contributed by atoms with Gasteiger partial charge in [0.2, 0.25) is 0 Å². The molecule has 1 saturated heterocycles. The quantitative estimate of drug-likeness (QED) is 0.820. The second-order valence-electron chi connectivity index (χ2n) is 6.53. The third-order valence-electron chi connectivity index (χ3n) is 3.94. The van der Waals surface area contributed by atoms with Gasteiger partial charge in [0, 0.05) is 24.9 Å². The average molecular weight is 255 g/mol. The maximum absolute atomic E-state index is 11.8. The fraction of sp³-hybridized carbons (Fsp3) is 0.846. The zero-order valence-electron chi connectivity index (χ0n) is 11.2. The summed E-state index contributed by atoms with van der Waals surface area (Å²) in [6.45, 7) is 6.84. The molecular weight excluding hydrogens is 234 g/mol. The van der Waals surface area contributed by atoms with E-state index >= 15 is 0 Å². The van der Waals surface area contributed by atoms with Gasteiger partial charge >= 0.3 is 12.1 Å².